The van der Waals surface area contributed by atoms with Gasteiger partial charge in [0.1, 0.15) is 0 Å². The summed E-state index contributed by atoms with van der Waals surface area (Å²) in [7, 11) is 1.95. The van der Waals surface area contributed by atoms with Gasteiger partial charge in [-0.2, -0.15) is 0 Å². The van der Waals surface area contributed by atoms with E-state index in [0.29, 0.717) is 12.0 Å². The van der Waals surface area contributed by atoms with Gasteiger partial charge in [0, 0.05) is 24.5 Å². The summed E-state index contributed by atoms with van der Waals surface area (Å²) in [4.78, 5) is 7.04. The minimum absolute atomic E-state index is 0.510. The van der Waals surface area contributed by atoms with Gasteiger partial charge < -0.3 is 10.2 Å². The average Bonchev–Trinajstić information content (AvgIpc) is 2.62. The fourth-order valence-electron chi connectivity index (χ4n) is 1.59. The number of rotatable bonds is 6. The summed E-state index contributed by atoms with van der Waals surface area (Å²) in [6, 6.07) is 0.510. The Bertz CT molecular complexity index is 307. The van der Waals surface area contributed by atoms with E-state index >= 15 is 0 Å². The van der Waals surface area contributed by atoms with Crippen molar-refractivity contribution in [2.45, 2.75) is 40.3 Å². The standard InChI is InChI=1S/C12H23N3S/c1-9(2)7-15(10(3)4)12-14-11(6-13-5)8-16-12/h8-10,13H,6-7H2,1-5H3. The average molecular weight is 241 g/mol. The van der Waals surface area contributed by atoms with E-state index in [2.05, 4.69) is 48.3 Å². The highest BCUT2D eigenvalue weighted by atomic mass is 32.1. The van der Waals surface area contributed by atoms with Crippen molar-refractivity contribution in [3.63, 3.8) is 0 Å². The summed E-state index contributed by atoms with van der Waals surface area (Å²) in [5, 5.41) is 6.42. The monoisotopic (exact) mass is 241 g/mol. The molecule has 0 fully saturated rings. The Morgan fingerprint density at radius 2 is 2.06 bits per heavy atom. The Hall–Kier alpha value is -0.610. The van der Waals surface area contributed by atoms with Gasteiger partial charge in [-0.1, -0.05) is 13.8 Å². The van der Waals surface area contributed by atoms with Crippen LogP contribution in [0.1, 0.15) is 33.4 Å². The Kier molecular flexibility index (Phi) is 5.22. The summed E-state index contributed by atoms with van der Waals surface area (Å²) >= 11 is 1.74. The molecule has 0 atom stereocenters. The highest BCUT2D eigenvalue weighted by Gasteiger charge is 2.15. The van der Waals surface area contributed by atoms with Gasteiger partial charge in [-0.3, -0.25) is 0 Å². The lowest BCUT2D eigenvalue weighted by molar-refractivity contribution is 0.569. The van der Waals surface area contributed by atoms with Gasteiger partial charge in [0.25, 0.3) is 0 Å². The molecule has 0 amide bonds. The SMILES string of the molecule is CNCc1csc(N(CC(C)C)C(C)C)n1. The molecule has 0 saturated carbocycles. The smallest absolute Gasteiger partial charge is 0.185 e. The fourth-order valence-corrected chi connectivity index (χ4v) is 2.56. The third kappa shape index (κ3) is 3.76. The molecule has 1 aromatic heterocycles. The summed E-state index contributed by atoms with van der Waals surface area (Å²) in [6.07, 6.45) is 0. The van der Waals surface area contributed by atoms with Crippen LogP contribution in [-0.2, 0) is 6.54 Å². The Morgan fingerprint density at radius 1 is 1.38 bits per heavy atom. The summed E-state index contributed by atoms with van der Waals surface area (Å²) < 4.78 is 0. The number of hydrogen-bond donors (Lipinski definition) is 1. The molecule has 4 heteroatoms. The first-order valence-electron chi connectivity index (χ1n) is 5.90. The molecule has 1 N–H and O–H groups in total. The molecule has 0 aliphatic rings. The van der Waals surface area contributed by atoms with Crippen LogP contribution in [0.5, 0.6) is 0 Å². The highest BCUT2D eigenvalue weighted by Crippen LogP contribution is 2.23. The minimum atomic E-state index is 0.510. The quantitative estimate of drug-likeness (QED) is 0.830. The van der Waals surface area contributed by atoms with Gasteiger partial charge in [0.2, 0.25) is 0 Å². The largest absolute Gasteiger partial charge is 0.345 e. The lowest BCUT2D eigenvalue weighted by atomic mass is 10.2. The van der Waals surface area contributed by atoms with Crippen LogP contribution in [0.25, 0.3) is 0 Å². The summed E-state index contributed by atoms with van der Waals surface area (Å²) in [5.41, 5.74) is 1.14. The van der Waals surface area contributed by atoms with E-state index in [1.165, 1.54) is 0 Å². The predicted molar refractivity (Wildman–Crippen MR) is 72.2 cm³/mol. The molecule has 0 bridgehead atoms. The highest BCUT2D eigenvalue weighted by molar-refractivity contribution is 7.13. The molecule has 1 heterocycles. The molecular formula is C12H23N3S. The molecule has 0 radical (unpaired) electrons. The molecule has 1 aromatic rings. The molecule has 0 aromatic carbocycles. The predicted octanol–water partition coefficient (Wildman–Crippen LogP) is 2.73. The second-order valence-electron chi connectivity index (χ2n) is 4.79. The van der Waals surface area contributed by atoms with E-state index < -0.39 is 0 Å². The van der Waals surface area contributed by atoms with Crippen molar-refractivity contribution in [2.24, 2.45) is 5.92 Å². The van der Waals surface area contributed by atoms with Crippen LogP contribution in [0.2, 0.25) is 0 Å². The molecule has 1 rings (SSSR count). The zero-order valence-electron chi connectivity index (χ0n) is 10.9. The van der Waals surface area contributed by atoms with Crippen molar-refractivity contribution >= 4 is 16.5 Å². The van der Waals surface area contributed by atoms with Crippen molar-refractivity contribution in [1.29, 1.82) is 0 Å². The molecule has 3 nitrogen and oxygen atoms in total. The van der Waals surface area contributed by atoms with Crippen molar-refractivity contribution in [3.05, 3.63) is 11.1 Å². The van der Waals surface area contributed by atoms with Crippen LogP contribution in [0.4, 0.5) is 5.13 Å². The number of nitrogens with one attached hydrogen (secondary N) is 1. The van der Waals surface area contributed by atoms with E-state index in [0.717, 1.165) is 23.9 Å². The number of hydrogen-bond acceptors (Lipinski definition) is 4. The first-order chi connectivity index (χ1) is 7.54. The van der Waals surface area contributed by atoms with Gasteiger partial charge in [0.15, 0.2) is 5.13 Å². The number of aromatic nitrogens is 1. The molecular weight excluding hydrogens is 218 g/mol. The van der Waals surface area contributed by atoms with E-state index in [1.807, 2.05) is 7.05 Å². The molecule has 16 heavy (non-hydrogen) atoms. The topological polar surface area (TPSA) is 28.2 Å². The molecule has 0 aliphatic carbocycles. The Morgan fingerprint density at radius 3 is 2.56 bits per heavy atom. The van der Waals surface area contributed by atoms with Crippen LogP contribution in [0.15, 0.2) is 5.38 Å². The molecule has 0 unspecified atom stereocenters. The van der Waals surface area contributed by atoms with E-state index in [4.69, 9.17) is 0 Å². The van der Waals surface area contributed by atoms with Crippen LogP contribution < -0.4 is 10.2 Å². The Balaban J connectivity index is 2.76. The lowest BCUT2D eigenvalue weighted by Crippen LogP contribution is -2.34. The second kappa shape index (κ2) is 6.21. The first kappa shape index (κ1) is 13.5. The summed E-state index contributed by atoms with van der Waals surface area (Å²) in [6.45, 7) is 10.9. The second-order valence-corrected chi connectivity index (χ2v) is 5.63. The van der Waals surface area contributed by atoms with Crippen LogP contribution in [0.3, 0.4) is 0 Å². The summed E-state index contributed by atoms with van der Waals surface area (Å²) in [5.74, 6) is 0.666. The molecule has 92 valence electrons. The van der Waals surface area contributed by atoms with Crippen molar-refractivity contribution in [3.8, 4) is 0 Å². The van der Waals surface area contributed by atoms with E-state index in [-0.39, 0.29) is 0 Å². The maximum Gasteiger partial charge on any atom is 0.185 e. The van der Waals surface area contributed by atoms with Gasteiger partial charge >= 0.3 is 0 Å². The molecule has 0 spiro atoms. The zero-order valence-corrected chi connectivity index (χ0v) is 11.8. The van der Waals surface area contributed by atoms with Crippen molar-refractivity contribution in [2.75, 3.05) is 18.5 Å². The minimum Gasteiger partial charge on any atom is -0.345 e. The van der Waals surface area contributed by atoms with Crippen molar-refractivity contribution < 1.29 is 0 Å². The van der Waals surface area contributed by atoms with Crippen LogP contribution in [-0.4, -0.2) is 24.6 Å². The zero-order chi connectivity index (χ0) is 12.1. The van der Waals surface area contributed by atoms with E-state index in [1.54, 1.807) is 11.3 Å². The van der Waals surface area contributed by atoms with Crippen LogP contribution in [0, 0.1) is 5.92 Å². The van der Waals surface area contributed by atoms with Crippen molar-refractivity contribution in [1.82, 2.24) is 10.3 Å². The number of thiazole rings is 1. The fraction of sp³-hybridized carbons (Fsp3) is 0.750. The third-order valence-corrected chi connectivity index (χ3v) is 3.25. The normalized spacial score (nSPS) is 11.4. The van der Waals surface area contributed by atoms with Gasteiger partial charge in [0.05, 0.1) is 5.69 Å². The van der Waals surface area contributed by atoms with Gasteiger partial charge in [-0.05, 0) is 26.8 Å². The van der Waals surface area contributed by atoms with Gasteiger partial charge in [-0.25, -0.2) is 4.98 Å². The lowest BCUT2D eigenvalue weighted by Gasteiger charge is -2.27. The maximum atomic E-state index is 4.66. The van der Waals surface area contributed by atoms with Crippen LogP contribution >= 0.6 is 11.3 Å². The third-order valence-electron chi connectivity index (χ3n) is 2.33. The molecule has 0 aliphatic heterocycles. The first-order valence-corrected chi connectivity index (χ1v) is 6.78. The molecule has 0 saturated heterocycles. The number of nitrogens with zero attached hydrogens (tertiary/aromatic N) is 2. The van der Waals surface area contributed by atoms with Gasteiger partial charge in [-0.15, -0.1) is 11.3 Å². The van der Waals surface area contributed by atoms with E-state index in [9.17, 15) is 0 Å². The number of anilines is 1. The maximum absolute atomic E-state index is 4.66. The Labute approximate surface area is 103 Å².